The molecule has 0 saturated carbocycles. The molecule has 130 valence electrons. The van der Waals surface area contributed by atoms with Crippen molar-refractivity contribution in [1.82, 2.24) is 4.72 Å². The van der Waals surface area contributed by atoms with Crippen molar-refractivity contribution in [1.29, 1.82) is 0 Å². The Morgan fingerprint density at radius 1 is 1.08 bits per heavy atom. The monoisotopic (exact) mass is 349 g/mol. The second-order valence-electron chi connectivity index (χ2n) is 5.59. The van der Waals surface area contributed by atoms with Gasteiger partial charge in [-0.3, -0.25) is 0 Å². The lowest BCUT2D eigenvalue weighted by Crippen LogP contribution is -2.30. The van der Waals surface area contributed by atoms with E-state index in [9.17, 15) is 8.42 Å². The van der Waals surface area contributed by atoms with E-state index in [1.165, 1.54) is 0 Å². The van der Waals surface area contributed by atoms with Crippen molar-refractivity contribution in [2.24, 2.45) is 0 Å². The lowest BCUT2D eigenvalue weighted by Gasteiger charge is -2.17. The van der Waals surface area contributed by atoms with E-state index in [0.29, 0.717) is 5.75 Å². The standard InChI is InChI=1S/C18H23NO4S/c1-14-7-9-15(10-8-14)13-24(20,21)19-12-18(23-3)16-5-4-6-17(11-16)22-2/h4-11,18-19H,12-13H2,1-3H3. The number of sulfonamides is 1. The number of nitrogens with one attached hydrogen (secondary N) is 1. The van der Waals surface area contributed by atoms with E-state index in [1.807, 2.05) is 55.5 Å². The van der Waals surface area contributed by atoms with Gasteiger partial charge in [0.05, 0.1) is 19.0 Å². The molecule has 2 rings (SSSR count). The zero-order chi connectivity index (χ0) is 17.6. The van der Waals surface area contributed by atoms with Gasteiger partial charge in [0.1, 0.15) is 5.75 Å². The average Bonchev–Trinajstić information content (AvgIpc) is 2.57. The highest BCUT2D eigenvalue weighted by molar-refractivity contribution is 7.88. The number of ether oxygens (including phenoxy) is 2. The van der Waals surface area contributed by atoms with E-state index in [-0.39, 0.29) is 18.4 Å². The molecule has 0 saturated heterocycles. The maximum Gasteiger partial charge on any atom is 0.215 e. The minimum absolute atomic E-state index is 0.0537. The molecule has 0 heterocycles. The summed E-state index contributed by atoms with van der Waals surface area (Å²) in [7, 11) is -0.295. The Morgan fingerprint density at radius 3 is 2.42 bits per heavy atom. The molecule has 0 radical (unpaired) electrons. The van der Waals surface area contributed by atoms with Crippen molar-refractivity contribution >= 4 is 10.0 Å². The minimum Gasteiger partial charge on any atom is -0.497 e. The fourth-order valence-corrected chi connectivity index (χ4v) is 3.48. The molecule has 2 aromatic carbocycles. The Balaban J connectivity index is 2.01. The fourth-order valence-electron chi connectivity index (χ4n) is 2.34. The summed E-state index contributed by atoms with van der Waals surface area (Å²) < 4.78 is 37.8. The predicted octanol–water partition coefficient (Wildman–Crippen LogP) is 2.81. The summed E-state index contributed by atoms with van der Waals surface area (Å²) in [6.45, 7) is 2.13. The molecular weight excluding hydrogens is 326 g/mol. The van der Waals surface area contributed by atoms with Gasteiger partial charge in [-0.2, -0.15) is 0 Å². The molecule has 0 aromatic heterocycles. The van der Waals surface area contributed by atoms with Crippen molar-refractivity contribution in [3.05, 3.63) is 65.2 Å². The first-order valence-electron chi connectivity index (χ1n) is 7.63. The van der Waals surface area contributed by atoms with Crippen LogP contribution >= 0.6 is 0 Å². The van der Waals surface area contributed by atoms with Crippen LogP contribution in [0.3, 0.4) is 0 Å². The summed E-state index contributed by atoms with van der Waals surface area (Å²) in [6.07, 6.45) is -0.382. The summed E-state index contributed by atoms with van der Waals surface area (Å²) in [6, 6.07) is 14.8. The molecule has 0 bridgehead atoms. The van der Waals surface area contributed by atoms with Gasteiger partial charge in [-0.05, 0) is 30.2 Å². The van der Waals surface area contributed by atoms with Crippen LogP contribution in [0.4, 0.5) is 0 Å². The van der Waals surface area contributed by atoms with Crippen LogP contribution in [0.25, 0.3) is 0 Å². The van der Waals surface area contributed by atoms with E-state index in [1.54, 1.807) is 14.2 Å². The lowest BCUT2D eigenvalue weighted by molar-refractivity contribution is 0.107. The van der Waals surface area contributed by atoms with Crippen LogP contribution in [0, 0.1) is 6.92 Å². The lowest BCUT2D eigenvalue weighted by atomic mass is 10.1. The molecule has 5 nitrogen and oxygen atoms in total. The Morgan fingerprint density at radius 2 is 1.79 bits per heavy atom. The molecule has 2 aromatic rings. The second-order valence-corrected chi connectivity index (χ2v) is 7.40. The smallest absolute Gasteiger partial charge is 0.215 e. The Hall–Kier alpha value is -1.89. The summed E-state index contributed by atoms with van der Waals surface area (Å²) in [4.78, 5) is 0. The second kappa shape index (κ2) is 8.28. The zero-order valence-electron chi connectivity index (χ0n) is 14.2. The third-order valence-corrected chi connectivity index (χ3v) is 5.04. The van der Waals surface area contributed by atoms with Crippen LogP contribution in [0.15, 0.2) is 48.5 Å². The molecule has 0 amide bonds. The first kappa shape index (κ1) is 18.4. The van der Waals surface area contributed by atoms with Crippen molar-refractivity contribution in [2.45, 2.75) is 18.8 Å². The van der Waals surface area contributed by atoms with Gasteiger partial charge < -0.3 is 9.47 Å². The third kappa shape index (κ3) is 5.33. The van der Waals surface area contributed by atoms with Gasteiger partial charge in [0.15, 0.2) is 0 Å². The first-order chi connectivity index (χ1) is 11.4. The molecule has 0 fully saturated rings. The third-order valence-electron chi connectivity index (χ3n) is 3.72. The number of benzene rings is 2. The molecule has 6 heteroatoms. The van der Waals surface area contributed by atoms with Gasteiger partial charge in [0, 0.05) is 13.7 Å². The van der Waals surface area contributed by atoms with Crippen LogP contribution in [0.2, 0.25) is 0 Å². The minimum atomic E-state index is -3.44. The summed E-state index contributed by atoms with van der Waals surface area (Å²) in [5.74, 6) is 0.652. The molecular formula is C18H23NO4S. The van der Waals surface area contributed by atoms with Crippen LogP contribution < -0.4 is 9.46 Å². The normalized spacial score (nSPS) is 12.8. The molecule has 1 unspecified atom stereocenters. The molecule has 1 N–H and O–H groups in total. The predicted molar refractivity (Wildman–Crippen MR) is 94.5 cm³/mol. The molecule has 0 aliphatic rings. The number of aryl methyl sites for hydroxylation is 1. The Labute approximate surface area is 143 Å². The fraction of sp³-hybridized carbons (Fsp3) is 0.333. The van der Waals surface area contributed by atoms with Gasteiger partial charge in [-0.25, -0.2) is 13.1 Å². The van der Waals surface area contributed by atoms with E-state index >= 15 is 0 Å². The van der Waals surface area contributed by atoms with Gasteiger partial charge in [0.2, 0.25) is 10.0 Å². The molecule has 0 aliphatic heterocycles. The quantitative estimate of drug-likeness (QED) is 0.796. The van der Waals surface area contributed by atoms with Crippen LogP contribution in [-0.2, 0) is 20.5 Å². The largest absolute Gasteiger partial charge is 0.497 e. The highest BCUT2D eigenvalue weighted by Gasteiger charge is 2.17. The summed E-state index contributed by atoms with van der Waals surface area (Å²) >= 11 is 0. The number of rotatable bonds is 8. The highest BCUT2D eigenvalue weighted by atomic mass is 32.2. The van der Waals surface area contributed by atoms with Crippen molar-refractivity contribution in [3.63, 3.8) is 0 Å². The number of hydrogen-bond acceptors (Lipinski definition) is 4. The molecule has 0 aliphatic carbocycles. The van der Waals surface area contributed by atoms with Gasteiger partial charge >= 0.3 is 0 Å². The first-order valence-corrected chi connectivity index (χ1v) is 9.28. The molecule has 0 spiro atoms. The van der Waals surface area contributed by atoms with Gasteiger partial charge in [-0.15, -0.1) is 0 Å². The summed E-state index contributed by atoms with van der Waals surface area (Å²) in [5.41, 5.74) is 2.71. The topological polar surface area (TPSA) is 64.6 Å². The number of hydrogen-bond donors (Lipinski definition) is 1. The van der Waals surface area contributed by atoms with Crippen LogP contribution in [0.1, 0.15) is 22.8 Å². The van der Waals surface area contributed by atoms with Gasteiger partial charge in [-0.1, -0.05) is 42.0 Å². The van der Waals surface area contributed by atoms with E-state index in [4.69, 9.17) is 9.47 Å². The van der Waals surface area contributed by atoms with E-state index in [2.05, 4.69) is 4.72 Å². The Kier molecular flexibility index (Phi) is 6.36. The highest BCUT2D eigenvalue weighted by Crippen LogP contribution is 2.21. The van der Waals surface area contributed by atoms with E-state index in [0.717, 1.165) is 16.7 Å². The maximum absolute atomic E-state index is 12.3. The average molecular weight is 349 g/mol. The van der Waals surface area contributed by atoms with Crippen molar-refractivity contribution in [2.75, 3.05) is 20.8 Å². The van der Waals surface area contributed by atoms with Crippen LogP contribution in [0.5, 0.6) is 5.75 Å². The Bertz CT molecular complexity index is 757. The van der Waals surface area contributed by atoms with Crippen LogP contribution in [-0.4, -0.2) is 29.2 Å². The van der Waals surface area contributed by atoms with Crippen molar-refractivity contribution < 1.29 is 17.9 Å². The number of methoxy groups -OCH3 is 2. The maximum atomic E-state index is 12.3. The molecule has 1 atom stereocenters. The molecule has 24 heavy (non-hydrogen) atoms. The summed E-state index contributed by atoms with van der Waals surface area (Å²) in [5, 5.41) is 0. The van der Waals surface area contributed by atoms with Crippen molar-refractivity contribution in [3.8, 4) is 5.75 Å². The van der Waals surface area contributed by atoms with E-state index < -0.39 is 10.0 Å². The SMILES string of the molecule is COc1cccc(C(CNS(=O)(=O)Cc2ccc(C)cc2)OC)c1. The van der Waals surface area contributed by atoms with Gasteiger partial charge in [0.25, 0.3) is 0 Å². The zero-order valence-corrected chi connectivity index (χ0v) is 15.0.